The van der Waals surface area contributed by atoms with Gasteiger partial charge in [-0.05, 0) is 48.2 Å². The number of nitro benzene ring substituents is 1. The van der Waals surface area contributed by atoms with Gasteiger partial charge in [-0.3, -0.25) is 14.9 Å². The first-order valence-corrected chi connectivity index (χ1v) is 10.0. The second kappa shape index (κ2) is 8.87. The van der Waals surface area contributed by atoms with Gasteiger partial charge in [-0.25, -0.2) is 0 Å². The van der Waals surface area contributed by atoms with Crippen molar-refractivity contribution in [2.24, 2.45) is 0 Å². The molecule has 0 radical (unpaired) electrons. The Kier molecular flexibility index (Phi) is 5.84. The van der Waals surface area contributed by atoms with E-state index in [0.717, 1.165) is 29.7 Å². The molecule has 0 aromatic heterocycles. The summed E-state index contributed by atoms with van der Waals surface area (Å²) in [5.74, 6) is 0.941. The van der Waals surface area contributed by atoms with Crippen LogP contribution in [0.1, 0.15) is 12.0 Å². The standard InChI is InChI=1S/C24H22N2O5/c1-30-20-11-8-17(9-12-20)21-15-19(26(28)29)10-13-23(21)31-16-24(27)25-14-4-6-18-5-2-3-7-22(18)25/h2-3,5,7-13,15H,4,6,14,16H2,1H3. The van der Waals surface area contributed by atoms with Crippen molar-refractivity contribution in [3.8, 4) is 22.6 Å². The number of amides is 1. The van der Waals surface area contributed by atoms with E-state index in [9.17, 15) is 14.9 Å². The van der Waals surface area contributed by atoms with Gasteiger partial charge in [0.1, 0.15) is 11.5 Å². The lowest BCUT2D eigenvalue weighted by Gasteiger charge is -2.29. The van der Waals surface area contributed by atoms with Crippen molar-refractivity contribution in [3.63, 3.8) is 0 Å². The van der Waals surface area contributed by atoms with Crippen molar-refractivity contribution in [1.82, 2.24) is 0 Å². The molecule has 0 fully saturated rings. The Morgan fingerprint density at radius 1 is 1.10 bits per heavy atom. The van der Waals surface area contributed by atoms with Gasteiger partial charge < -0.3 is 14.4 Å². The Balaban J connectivity index is 1.58. The van der Waals surface area contributed by atoms with Crippen LogP contribution < -0.4 is 14.4 Å². The van der Waals surface area contributed by atoms with Crippen LogP contribution in [0.3, 0.4) is 0 Å². The molecule has 0 saturated heterocycles. The average Bonchev–Trinajstić information content (AvgIpc) is 2.82. The second-order valence-electron chi connectivity index (χ2n) is 7.23. The molecule has 31 heavy (non-hydrogen) atoms. The van der Waals surface area contributed by atoms with Crippen molar-refractivity contribution < 1.29 is 19.2 Å². The lowest BCUT2D eigenvalue weighted by Crippen LogP contribution is -2.38. The predicted octanol–water partition coefficient (Wildman–Crippen LogP) is 4.63. The van der Waals surface area contributed by atoms with Gasteiger partial charge in [0.05, 0.1) is 12.0 Å². The van der Waals surface area contributed by atoms with Gasteiger partial charge in [0.2, 0.25) is 0 Å². The number of ether oxygens (including phenoxy) is 2. The average molecular weight is 418 g/mol. The zero-order valence-electron chi connectivity index (χ0n) is 17.1. The number of hydrogen-bond donors (Lipinski definition) is 0. The van der Waals surface area contributed by atoms with Crippen molar-refractivity contribution in [2.45, 2.75) is 12.8 Å². The SMILES string of the molecule is COc1ccc(-c2cc([N+](=O)[O-])ccc2OCC(=O)N2CCCc3ccccc32)cc1. The molecule has 158 valence electrons. The Morgan fingerprint density at radius 2 is 1.87 bits per heavy atom. The van der Waals surface area contributed by atoms with E-state index in [2.05, 4.69) is 0 Å². The van der Waals surface area contributed by atoms with Crippen molar-refractivity contribution in [1.29, 1.82) is 0 Å². The third-order valence-corrected chi connectivity index (χ3v) is 5.34. The molecule has 7 heteroatoms. The van der Waals surface area contributed by atoms with Gasteiger partial charge in [0.15, 0.2) is 6.61 Å². The van der Waals surface area contributed by atoms with Gasteiger partial charge in [-0.2, -0.15) is 0 Å². The number of benzene rings is 3. The summed E-state index contributed by atoms with van der Waals surface area (Å²) in [6, 6.07) is 19.4. The zero-order valence-corrected chi connectivity index (χ0v) is 17.1. The monoisotopic (exact) mass is 418 g/mol. The Morgan fingerprint density at radius 3 is 2.61 bits per heavy atom. The smallest absolute Gasteiger partial charge is 0.270 e. The minimum atomic E-state index is -0.452. The largest absolute Gasteiger partial charge is 0.497 e. The van der Waals surface area contributed by atoms with Crippen LogP contribution in [-0.4, -0.2) is 31.1 Å². The lowest BCUT2D eigenvalue weighted by atomic mass is 10.0. The molecule has 0 spiro atoms. The van der Waals surface area contributed by atoms with Gasteiger partial charge >= 0.3 is 0 Å². The van der Waals surface area contributed by atoms with Crippen LogP contribution in [0.5, 0.6) is 11.5 Å². The van der Waals surface area contributed by atoms with E-state index >= 15 is 0 Å². The summed E-state index contributed by atoms with van der Waals surface area (Å²) in [7, 11) is 1.57. The number of anilines is 1. The zero-order chi connectivity index (χ0) is 21.8. The van der Waals surface area contributed by atoms with E-state index in [1.807, 2.05) is 24.3 Å². The molecule has 0 saturated carbocycles. The molecular formula is C24H22N2O5. The lowest BCUT2D eigenvalue weighted by molar-refractivity contribution is -0.384. The maximum Gasteiger partial charge on any atom is 0.270 e. The number of non-ortho nitro benzene ring substituents is 1. The molecule has 0 bridgehead atoms. The van der Waals surface area contributed by atoms with Crippen LogP contribution >= 0.6 is 0 Å². The molecule has 3 aromatic rings. The van der Waals surface area contributed by atoms with Crippen LogP contribution in [0.2, 0.25) is 0 Å². The topological polar surface area (TPSA) is 81.9 Å². The number of carbonyl (C=O) groups is 1. The predicted molar refractivity (Wildman–Crippen MR) is 118 cm³/mol. The van der Waals surface area contributed by atoms with Crippen LogP contribution in [0.4, 0.5) is 11.4 Å². The van der Waals surface area contributed by atoms with Gasteiger partial charge in [0.25, 0.3) is 11.6 Å². The molecule has 1 heterocycles. The number of nitro groups is 1. The second-order valence-corrected chi connectivity index (χ2v) is 7.23. The fourth-order valence-electron chi connectivity index (χ4n) is 3.76. The van der Waals surface area contributed by atoms with Crippen molar-refractivity contribution in [2.75, 3.05) is 25.2 Å². The highest BCUT2D eigenvalue weighted by molar-refractivity contribution is 5.95. The highest BCUT2D eigenvalue weighted by Gasteiger charge is 2.23. The summed E-state index contributed by atoms with van der Waals surface area (Å²) in [5, 5.41) is 11.3. The summed E-state index contributed by atoms with van der Waals surface area (Å²) in [4.78, 5) is 25.5. The number of hydrogen-bond acceptors (Lipinski definition) is 5. The number of fused-ring (bicyclic) bond motifs is 1. The van der Waals surface area contributed by atoms with Crippen LogP contribution in [0.25, 0.3) is 11.1 Å². The summed E-state index contributed by atoms with van der Waals surface area (Å²) < 4.78 is 11.1. The summed E-state index contributed by atoms with van der Waals surface area (Å²) in [5.41, 5.74) is 3.30. The van der Waals surface area contributed by atoms with E-state index in [4.69, 9.17) is 9.47 Å². The first-order valence-electron chi connectivity index (χ1n) is 10.0. The van der Waals surface area contributed by atoms with Crippen LogP contribution in [0, 0.1) is 10.1 Å². The third-order valence-electron chi connectivity index (χ3n) is 5.34. The third kappa shape index (κ3) is 4.35. The Hall–Kier alpha value is -3.87. The normalized spacial score (nSPS) is 12.7. The van der Waals surface area contributed by atoms with E-state index in [-0.39, 0.29) is 18.2 Å². The Bertz CT molecular complexity index is 1110. The molecule has 0 aliphatic carbocycles. The number of aryl methyl sites for hydroxylation is 1. The molecule has 1 aliphatic heterocycles. The molecule has 4 rings (SSSR count). The van der Waals surface area contributed by atoms with Gasteiger partial charge in [-0.15, -0.1) is 0 Å². The molecule has 0 N–H and O–H groups in total. The molecular weight excluding hydrogens is 396 g/mol. The highest BCUT2D eigenvalue weighted by atomic mass is 16.6. The van der Waals surface area contributed by atoms with Crippen molar-refractivity contribution in [3.05, 3.63) is 82.4 Å². The molecule has 3 aromatic carbocycles. The minimum Gasteiger partial charge on any atom is -0.497 e. The fraction of sp³-hybridized carbons (Fsp3) is 0.208. The summed E-state index contributed by atoms with van der Waals surface area (Å²) in [6.45, 7) is 0.486. The summed E-state index contributed by atoms with van der Waals surface area (Å²) >= 11 is 0. The number of nitrogens with zero attached hydrogens (tertiary/aromatic N) is 2. The van der Waals surface area contributed by atoms with E-state index in [1.54, 1.807) is 36.3 Å². The van der Waals surface area contributed by atoms with E-state index in [1.165, 1.54) is 18.2 Å². The van der Waals surface area contributed by atoms with E-state index < -0.39 is 4.92 Å². The van der Waals surface area contributed by atoms with Crippen LogP contribution in [-0.2, 0) is 11.2 Å². The molecule has 0 unspecified atom stereocenters. The minimum absolute atomic E-state index is 0.0468. The van der Waals surface area contributed by atoms with Crippen molar-refractivity contribution >= 4 is 17.3 Å². The van der Waals surface area contributed by atoms with Gasteiger partial charge in [-0.1, -0.05) is 30.3 Å². The first kappa shape index (κ1) is 20.4. The maximum absolute atomic E-state index is 12.9. The van der Waals surface area contributed by atoms with E-state index in [0.29, 0.717) is 23.6 Å². The first-order chi connectivity index (χ1) is 15.1. The Labute approximate surface area is 180 Å². The number of methoxy groups -OCH3 is 1. The molecule has 1 amide bonds. The number of rotatable bonds is 6. The maximum atomic E-state index is 12.9. The van der Waals surface area contributed by atoms with Crippen LogP contribution in [0.15, 0.2) is 66.7 Å². The molecule has 1 aliphatic rings. The fourth-order valence-corrected chi connectivity index (χ4v) is 3.76. The number of para-hydroxylation sites is 1. The number of carbonyl (C=O) groups excluding carboxylic acids is 1. The highest BCUT2D eigenvalue weighted by Crippen LogP contribution is 2.35. The quantitative estimate of drug-likeness (QED) is 0.431. The molecule has 7 nitrogen and oxygen atoms in total. The van der Waals surface area contributed by atoms with Gasteiger partial charge in [0, 0.05) is 29.9 Å². The molecule has 0 atom stereocenters. The summed E-state index contributed by atoms with van der Waals surface area (Å²) in [6.07, 6.45) is 1.85.